The highest BCUT2D eigenvalue weighted by Gasteiger charge is 2.18. The number of ether oxygens (including phenoxy) is 1. The van der Waals surface area contributed by atoms with Gasteiger partial charge < -0.3 is 10.5 Å². The van der Waals surface area contributed by atoms with E-state index in [2.05, 4.69) is 19.9 Å². The lowest BCUT2D eigenvalue weighted by atomic mass is 9.97. The second-order valence-electron chi connectivity index (χ2n) is 3.51. The predicted octanol–water partition coefficient (Wildman–Crippen LogP) is 2.05. The minimum absolute atomic E-state index is 0.107. The first kappa shape index (κ1) is 9.59. The van der Waals surface area contributed by atoms with Crippen molar-refractivity contribution in [2.75, 3.05) is 6.61 Å². The molecule has 70 valence electrons. The van der Waals surface area contributed by atoms with Gasteiger partial charge in [0.2, 0.25) is 0 Å². The van der Waals surface area contributed by atoms with Crippen LogP contribution in [0.5, 0.6) is 0 Å². The summed E-state index contributed by atoms with van der Waals surface area (Å²) in [5, 5.41) is 0. The first-order valence-electron chi connectivity index (χ1n) is 4.84. The van der Waals surface area contributed by atoms with Crippen LogP contribution in [-0.2, 0) is 4.74 Å². The van der Waals surface area contributed by atoms with Gasteiger partial charge >= 0.3 is 0 Å². The van der Waals surface area contributed by atoms with Gasteiger partial charge in [0.05, 0.1) is 12.6 Å². The Hall–Kier alpha value is -0.500. The number of hydrogen-bond acceptors (Lipinski definition) is 2. The topological polar surface area (TPSA) is 35.2 Å². The van der Waals surface area contributed by atoms with Crippen molar-refractivity contribution in [2.45, 2.75) is 39.2 Å². The zero-order chi connectivity index (χ0) is 8.97. The fourth-order valence-corrected chi connectivity index (χ4v) is 1.34. The zero-order valence-electron chi connectivity index (χ0n) is 8.05. The van der Waals surface area contributed by atoms with Gasteiger partial charge in [-0.05, 0) is 24.8 Å². The minimum Gasteiger partial charge on any atom is -0.497 e. The van der Waals surface area contributed by atoms with Crippen molar-refractivity contribution in [3.63, 3.8) is 0 Å². The SMILES string of the molecule is CCC(C)C(N)C1=CCCCO1. The van der Waals surface area contributed by atoms with Crippen molar-refractivity contribution in [2.24, 2.45) is 11.7 Å². The number of allylic oxidation sites excluding steroid dienone is 1. The van der Waals surface area contributed by atoms with E-state index in [0.29, 0.717) is 5.92 Å². The average Bonchev–Trinajstić information content (AvgIpc) is 2.17. The van der Waals surface area contributed by atoms with Gasteiger partial charge in [0.15, 0.2) is 0 Å². The molecule has 1 aliphatic rings. The molecule has 0 spiro atoms. The summed E-state index contributed by atoms with van der Waals surface area (Å²) in [4.78, 5) is 0. The highest BCUT2D eigenvalue weighted by molar-refractivity contribution is 5.05. The quantitative estimate of drug-likeness (QED) is 0.701. The van der Waals surface area contributed by atoms with Crippen molar-refractivity contribution >= 4 is 0 Å². The van der Waals surface area contributed by atoms with Crippen molar-refractivity contribution in [1.29, 1.82) is 0 Å². The summed E-state index contributed by atoms with van der Waals surface area (Å²) in [6.45, 7) is 5.17. The third kappa shape index (κ3) is 2.24. The second kappa shape index (κ2) is 4.51. The van der Waals surface area contributed by atoms with Gasteiger partial charge in [-0.25, -0.2) is 0 Å². The molecule has 0 radical (unpaired) electrons. The molecule has 0 saturated heterocycles. The van der Waals surface area contributed by atoms with Crippen LogP contribution in [0.15, 0.2) is 11.8 Å². The van der Waals surface area contributed by atoms with E-state index in [-0.39, 0.29) is 6.04 Å². The molecular weight excluding hydrogens is 150 g/mol. The number of rotatable bonds is 3. The van der Waals surface area contributed by atoms with E-state index in [0.717, 1.165) is 31.6 Å². The maximum atomic E-state index is 6.01. The van der Waals surface area contributed by atoms with E-state index < -0.39 is 0 Å². The van der Waals surface area contributed by atoms with Gasteiger partial charge in [-0.3, -0.25) is 0 Å². The Balaban J connectivity index is 2.49. The van der Waals surface area contributed by atoms with Crippen LogP contribution in [0.25, 0.3) is 0 Å². The molecule has 12 heavy (non-hydrogen) atoms. The van der Waals surface area contributed by atoms with Crippen LogP contribution in [0.3, 0.4) is 0 Å². The molecule has 2 atom stereocenters. The average molecular weight is 169 g/mol. The van der Waals surface area contributed by atoms with E-state index in [9.17, 15) is 0 Å². The van der Waals surface area contributed by atoms with Gasteiger partial charge in [0, 0.05) is 0 Å². The summed E-state index contributed by atoms with van der Waals surface area (Å²) in [7, 11) is 0. The molecular formula is C10H19NO. The van der Waals surface area contributed by atoms with Crippen LogP contribution in [0.4, 0.5) is 0 Å². The lowest BCUT2D eigenvalue weighted by molar-refractivity contribution is 0.163. The molecule has 2 unspecified atom stereocenters. The molecule has 1 rings (SSSR count). The Kier molecular flexibility index (Phi) is 3.60. The smallest absolute Gasteiger partial charge is 0.109 e. The Labute approximate surface area is 74.8 Å². The molecule has 0 aromatic heterocycles. The molecule has 1 heterocycles. The maximum Gasteiger partial charge on any atom is 0.109 e. The summed E-state index contributed by atoms with van der Waals surface area (Å²) in [5.41, 5.74) is 6.01. The normalized spacial score (nSPS) is 22.4. The molecule has 0 bridgehead atoms. The van der Waals surface area contributed by atoms with Crippen LogP contribution in [0.2, 0.25) is 0 Å². The number of hydrogen-bond donors (Lipinski definition) is 1. The van der Waals surface area contributed by atoms with Gasteiger partial charge in [0.1, 0.15) is 5.76 Å². The summed E-state index contributed by atoms with van der Waals surface area (Å²) < 4.78 is 5.50. The Morgan fingerprint density at radius 2 is 2.42 bits per heavy atom. The largest absolute Gasteiger partial charge is 0.497 e. The molecule has 0 aromatic carbocycles. The van der Waals surface area contributed by atoms with Crippen LogP contribution in [0, 0.1) is 5.92 Å². The third-order valence-electron chi connectivity index (χ3n) is 2.55. The van der Waals surface area contributed by atoms with Crippen molar-refractivity contribution < 1.29 is 4.74 Å². The standard InChI is InChI=1S/C10H19NO/c1-3-8(2)10(11)9-6-4-5-7-12-9/h6,8,10H,3-5,7,11H2,1-2H3. The predicted molar refractivity (Wildman–Crippen MR) is 50.7 cm³/mol. The number of nitrogens with two attached hydrogens (primary N) is 1. The minimum atomic E-state index is 0.107. The molecule has 2 N–H and O–H groups in total. The maximum absolute atomic E-state index is 6.01. The van der Waals surface area contributed by atoms with E-state index in [1.54, 1.807) is 0 Å². The van der Waals surface area contributed by atoms with E-state index in [1.165, 1.54) is 0 Å². The Morgan fingerprint density at radius 1 is 1.67 bits per heavy atom. The van der Waals surface area contributed by atoms with Crippen LogP contribution >= 0.6 is 0 Å². The molecule has 0 aromatic rings. The van der Waals surface area contributed by atoms with E-state index in [4.69, 9.17) is 10.5 Å². The van der Waals surface area contributed by atoms with Crippen molar-refractivity contribution in [3.8, 4) is 0 Å². The highest BCUT2D eigenvalue weighted by atomic mass is 16.5. The fraction of sp³-hybridized carbons (Fsp3) is 0.800. The van der Waals surface area contributed by atoms with Gasteiger partial charge in [0.25, 0.3) is 0 Å². The van der Waals surface area contributed by atoms with Crippen molar-refractivity contribution in [3.05, 3.63) is 11.8 Å². The third-order valence-corrected chi connectivity index (χ3v) is 2.55. The molecule has 0 aliphatic carbocycles. The zero-order valence-corrected chi connectivity index (χ0v) is 8.05. The lowest BCUT2D eigenvalue weighted by Gasteiger charge is -2.24. The summed E-state index contributed by atoms with van der Waals surface area (Å²) in [6, 6.07) is 0.107. The Morgan fingerprint density at radius 3 is 2.92 bits per heavy atom. The molecule has 1 aliphatic heterocycles. The summed E-state index contributed by atoms with van der Waals surface area (Å²) in [5.74, 6) is 1.53. The second-order valence-corrected chi connectivity index (χ2v) is 3.51. The molecule has 2 heteroatoms. The first-order valence-corrected chi connectivity index (χ1v) is 4.84. The molecule has 0 amide bonds. The van der Waals surface area contributed by atoms with Gasteiger partial charge in [-0.2, -0.15) is 0 Å². The van der Waals surface area contributed by atoms with Gasteiger partial charge in [-0.1, -0.05) is 20.3 Å². The summed E-state index contributed by atoms with van der Waals surface area (Å²) >= 11 is 0. The molecule has 0 saturated carbocycles. The Bertz CT molecular complexity index is 165. The molecule has 2 nitrogen and oxygen atoms in total. The van der Waals surface area contributed by atoms with E-state index in [1.807, 2.05) is 0 Å². The monoisotopic (exact) mass is 169 g/mol. The summed E-state index contributed by atoms with van der Waals surface area (Å²) in [6.07, 6.45) is 5.51. The highest BCUT2D eigenvalue weighted by Crippen LogP contribution is 2.18. The molecule has 0 fully saturated rings. The first-order chi connectivity index (χ1) is 5.75. The van der Waals surface area contributed by atoms with Crippen LogP contribution in [-0.4, -0.2) is 12.6 Å². The van der Waals surface area contributed by atoms with Crippen LogP contribution < -0.4 is 5.73 Å². The van der Waals surface area contributed by atoms with E-state index >= 15 is 0 Å². The van der Waals surface area contributed by atoms with Crippen LogP contribution in [0.1, 0.15) is 33.1 Å². The van der Waals surface area contributed by atoms with Gasteiger partial charge in [-0.15, -0.1) is 0 Å². The lowest BCUT2D eigenvalue weighted by Crippen LogP contribution is -2.32. The van der Waals surface area contributed by atoms with Crippen molar-refractivity contribution in [1.82, 2.24) is 0 Å². The fourth-order valence-electron chi connectivity index (χ4n) is 1.34.